The van der Waals surface area contributed by atoms with Gasteiger partial charge >= 0.3 is 0 Å². The van der Waals surface area contributed by atoms with Crippen LogP contribution in [0.2, 0.25) is 0 Å². The average Bonchev–Trinajstić information content (AvgIpc) is 3.64. The average molecular weight is 526 g/mol. The van der Waals surface area contributed by atoms with E-state index < -0.39 is 28.3 Å². The van der Waals surface area contributed by atoms with Gasteiger partial charge in [-0.3, -0.25) is 9.52 Å². The van der Waals surface area contributed by atoms with Gasteiger partial charge in [0.1, 0.15) is 17.6 Å². The lowest BCUT2D eigenvalue weighted by Gasteiger charge is -2.41. The number of carbonyl (C=O) groups is 1. The highest BCUT2D eigenvalue weighted by Gasteiger charge is 2.51. The van der Waals surface area contributed by atoms with Crippen molar-refractivity contribution in [2.24, 2.45) is 11.3 Å². The largest absolute Gasteiger partial charge is 0.395 e. The van der Waals surface area contributed by atoms with Gasteiger partial charge in [0.15, 0.2) is 0 Å². The molecule has 5 rings (SSSR count). The zero-order chi connectivity index (χ0) is 26.0. The molecule has 4 bridgehead atoms. The number of fused-ring (bicyclic) bond motifs is 7. The molecule has 1 atom stereocenters. The molecule has 1 amide bonds. The van der Waals surface area contributed by atoms with Crippen molar-refractivity contribution in [2.75, 3.05) is 52.2 Å². The molecule has 1 aromatic heterocycles. The van der Waals surface area contributed by atoms with Gasteiger partial charge in [-0.05, 0) is 61.6 Å². The Morgan fingerprint density at radius 3 is 2.81 bits per heavy atom. The summed E-state index contributed by atoms with van der Waals surface area (Å²) in [5.41, 5.74) is 1.88. The zero-order valence-electron chi connectivity index (χ0n) is 20.5. The fourth-order valence-corrected chi connectivity index (χ4v) is 6.32. The second-order valence-electron chi connectivity index (χ2n) is 10.1. The van der Waals surface area contributed by atoms with Crippen LogP contribution in [-0.4, -0.2) is 61.4 Å². The van der Waals surface area contributed by atoms with Crippen molar-refractivity contribution in [1.82, 2.24) is 9.97 Å². The van der Waals surface area contributed by atoms with Crippen LogP contribution in [-0.2, 0) is 10.0 Å². The Balaban J connectivity index is 1.53. The number of nitriles is 1. The zero-order valence-corrected chi connectivity index (χ0v) is 21.4. The van der Waals surface area contributed by atoms with E-state index in [-0.39, 0.29) is 11.5 Å². The summed E-state index contributed by atoms with van der Waals surface area (Å²) in [6.45, 7) is 1.76. The van der Waals surface area contributed by atoms with Crippen LogP contribution in [0.5, 0.6) is 0 Å². The highest BCUT2D eigenvalue weighted by molar-refractivity contribution is 7.92. The second kappa shape index (κ2) is 10.1. The molecule has 12 heteroatoms. The van der Waals surface area contributed by atoms with Crippen molar-refractivity contribution in [3.05, 3.63) is 35.5 Å². The Bertz CT molecular complexity index is 1340. The predicted molar refractivity (Wildman–Crippen MR) is 140 cm³/mol. The van der Waals surface area contributed by atoms with E-state index >= 15 is 0 Å². The molecule has 0 radical (unpaired) electrons. The van der Waals surface area contributed by atoms with Crippen LogP contribution in [0.3, 0.4) is 0 Å². The minimum Gasteiger partial charge on any atom is -0.395 e. The van der Waals surface area contributed by atoms with E-state index in [0.717, 1.165) is 38.8 Å². The number of piperidine rings is 1. The molecule has 1 aromatic carbocycles. The van der Waals surface area contributed by atoms with Crippen LogP contribution < -0.4 is 20.3 Å². The maximum atomic E-state index is 13.5. The SMILES string of the molecule is N#Cc1cc2nc(n1)NCCCC[C@H]1CN(CCC13CC3)c1cc(NS(=O)(=O)CCO)ccc1C(=O)N2. The van der Waals surface area contributed by atoms with Crippen LogP contribution in [0.4, 0.5) is 23.1 Å². The number of benzene rings is 1. The minimum atomic E-state index is -3.72. The predicted octanol–water partition coefficient (Wildman–Crippen LogP) is 2.54. The number of hydrogen-bond donors (Lipinski definition) is 4. The summed E-state index contributed by atoms with van der Waals surface area (Å²) in [4.78, 5) is 24.2. The van der Waals surface area contributed by atoms with E-state index in [9.17, 15) is 18.5 Å². The molecule has 0 unspecified atom stereocenters. The van der Waals surface area contributed by atoms with Crippen LogP contribution >= 0.6 is 0 Å². The van der Waals surface area contributed by atoms with Crippen molar-refractivity contribution in [3.8, 4) is 6.07 Å². The van der Waals surface area contributed by atoms with Crippen LogP contribution in [0, 0.1) is 22.7 Å². The number of anilines is 4. The molecule has 2 fully saturated rings. The van der Waals surface area contributed by atoms with E-state index in [1.165, 1.54) is 18.9 Å². The summed E-state index contributed by atoms with van der Waals surface area (Å²) in [5, 5.41) is 24.5. The molecule has 1 saturated carbocycles. The molecule has 11 nitrogen and oxygen atoms in total. The number of aliphatic hydroxyl groups excluding tert-OH is 1. The quantitative estimate of drug-likeness (QED) is 0.470. The number of aliphatic hydroxyl groups is 1. The molecule has 37 heavy (non-hydrogen) atoms. The molecule has 196 valence electrons. The summed E-state index contributed by atoms with van der Waals surface area (Å²) >= 11 is 0. The Labute approximate surface area is 216 Å². The standard InChI is InChI=1S/C25H31N7O4S/c26-15-19-14-22-29-23(34)20-5-4-18(31-37(35,36)12-11-33)13-21(20)32-10-8-25(6-7-25)17(16-32)3-1-2-9-27-24(28-19)30-22/h4-5,13-14,17,31,33H,1-3,6-12,16H2,(H2,27,28,29,30,34)/t17-/m0/s1. The van der Waals surface area contributed by atoms with Gasteiger partial charge < -0.3 is 20.6 Å². The van der Waals surface area contributed by atoms with E-state index in [2.05, 4.69) is 30.2 Å². The summed E-state index contributed by atoms with van der Waals surface area (Å²) in [6.07, 6.45) is 6.52. The van der Waals surface area contributed by atoms with Crippen molar-refractivity contribution >= 4 is 39.1 Å². The smallest absolute Gasteiger partial charge is 0.258 e. The lowest BCUT2D eigenvalue weighted by Crippen LogP contribution is -2.42. The van der Waals surface area contributed by atoms with E-state index in [0.29, 0.717) is 40.8 Å². The number of hydrogen-bond acceptors (Lipinski definition) is 9. The second-order valence-corrected chi connectivity index (χ2v) is 11.9. The van der Waals surface area contributed by atoms with Gasteiger partial charge in [-0.15, -0.1) is 0 Å². The topological polar surface area (TPSA) is 160 Å². The summed E-state index contributed by atoms with van der Waals surface area (Å²) in [7, 11) is -3.72. The highest BCUT2D eigenvalue weighted by Crippen LogP contribution is 2.58. The summed E-state index contributed by atoms with van der Waals surface area (Å²) in [5.74, 6) is 0.163. The molecular weight excluding hydrogens is 494 g/mol. The third-order valence-corrected chi connectivity index (χ3v) is 8.91. The number of amides is 1. The number of aromatic nitrogens is 2. The lowest BCUT2D eigenvalue weighted by molar-refractivity contribution is 0.102. The fourth-order valence-electron chi connectivity index (χ4n) is 5.49. The molecule has 3 heterocycles. The number of nitrogens with zero attached hydrogens (tertiary/aromatic N) is 4. The molecular formula is C25H31N7O4S. The molecule has 2 aromatic rings. The first kappa shape index (κ1) is 25.2. The van der Waals surface area contributed by atoms with Gasteiger partial charge in [0.2, 0.25) is 16.0 Å². The number of nitrogens with one attached hydrogen (secondary N) is 3. The summed E-state index contributed by atoms with van der Waals surface area (Å²) < 4.78 is 27.1. The van der Waals surface area contributed by atoms with E-state index in [4.69, 9.17) is 5.11 Å². The van der Waals surface area contributed by atoms with Crippen molar-refractivity contribution in [2.45, 2.75) is 38.5 Å². The Morgan fingerprint density at radius 1 is 1.22 bits per heavy atom. The first-order valence-corrected chi connectivity index (χ1v) is 14.3. The third-order valence-electron chi connectivity index (χ3n) is 7.64. The van der Waals surface area contributed by atoms with Crippen molar-refractivity contribution < 1.29 is 18.3 Å². The van der Waals surface area contributed by atoms with E-state index in [1.807, 2.05) is 6.07 Å². The van der Waals surface area contributed by atoms with Crippen LogP contribution in [0.25, 0.3) is 0 Å². The highest BCUT2D eigenvalue weighted by atomic mass is 32.2. The van der Waals surface area contributed by atoms with Gasteiger partial charge in [-0.1, -0.05) is 6.42 Å². The fraction of sp³-hybridized carbons (Fsp3) is 0.520. The van der Waals surface area contributed by atoms with Gasteiger partial charge in [-0.2, -0.15) is 10.2 Å². The number of sulfonamides is 1. The Morgan fingerprint density at radius 2 is 2.05 bits per heavy atom. The Kier molecular flexibility index (Phi) is 6.92. The normalized spacial score (nSPS) is 20.9. The molecule has 1 aliphatic carbocycles. The van der Waals surface area contributed by atoms with Gasteiger partial charge in [-0.25, -0.2) is 13.4 Å². The van der Waals surface area contributed by atoms with Crippen molar-refractivity contribution in [3.63, 3.8) is 0 Å². The molecule has 4 N–H and O–H groups in total. The first-order valence-electron chi connectivity index (χ1n) is 12.7. The Hall–Kier alpha value is -3.43. The van der Waals surface area contributed by atoms with E-state index in [1.54, 1.807) is 18.2 Å². The first-order chi connectivity index (χ1) is 17.8. The maximum absolute atomic E-state index is 13.5. The van der Waals surface area contributed by atoms with Gasteiger partial charge in [0.25, 0.3) is 5.91 Å². The monoisotopic (exact) mass is 525 g/mol. The van der Waals surface area contributed by atoms with Crippen LogP contribution in [0.1, 0.15) is 54.6 Å². The van der Waals surface area contributed by atoms with Crippen LogP contribution in [0.15, 0.2) is 24.3 Å². The molecule has 3 aliphatic rings. The molecule has 1 spiro atoms. The number of rotatable bonds is 4. The van der Waals surface area contributed by atoms with Gasteiger partial charge in [0.05, 0.1) is 29.3 Å². The summed E-state index contributed by atoms with van der Waals surface area (Å²) in [6, 6.07) is 8.26. The molecule has 1 saturated heterocycles. The minimum absolute atomic E-state index is 0.140. The number of carbonyl (C=O) groups excluding carboxylic acids is 1. The maximum Gasteiger partial charge on any atom is 0.258 e. The van der Waals surface area contributed by atoms with Gasteiger partial charge in [0, 0.05) is 25.7 Å². The lowest BCUT2D eigenvalue weighted by atomic mass is 9.79. The molecule has 2 aliphatic heterocycles. The third kappa shape index (κ3) is 5.62. The van der Waals surface area contributed by atoms with Crippen molar-refractivity contribution in [1.29, 1.82) is 5.26 Å².